The van der Waals surface area contributed by atoms with E-state index >= 15 is 0 Å². The lowest BCUT2D eigenvalue weighted by Gasteiger charge is -2.33. The van der Waals surface area contributed by atoms with Crippen molar-refractivity contribution >= 4 is 11.6 Å². The lowest BCUT2D eigenvalue weighted by Crippen LogP contribution is -2.48. The van der Waals surface area contributed by atoms with Gasteiger partial charge in [-0.2, -0.15) is 0 Å². The number of hydrogen-bond acceptors (Lipinski definition) is 3. The van der Waals surface area contributed by atoms with E-state index in [9.17, 15) is 0 Å². The van der Waals surface area contributed by atoms with Crippen molar-refractivity contribution in [2.24, 2.45) is 4.99 Å². The molecule has 2 aromatic rings. The molecular formula is C25H37N5. The van der Waals surface area contributed by atoms with Gasteiger partial charge in [-0.25, -0.2) is 0 Å². The van der Waals surface area contributed by atoms with E-state index < -0.39 is 0 Å². The van der Waals surface area contributed by atoms with Crippen molar-refractivity contribution in [3.63, 3.8) is 0 Å². The van der Waals surface area contributed by atoms with Crippen molar-refractivity contribution in [3.8, 4) is 0 Å². The average molecular weight is 408 g/mol. The van der Waals surface area contributed by atoms with Gasteiger partial charge in [0.05, 0.1) is 0 Å². The molecule has 2 aromatic carbocycles. The van der Waals surface area contributed by atoms with Crippen molar-refractivity contribution < 1.29 is 0 Å². The standard InChI is InChI=1S/C25H37N5/c1-26-25(27-17-7-10-21-11-13-24(14-12-21)29(2)3)28-23-15-18-30(19-16-23)20-22-8-5-4-6-9-22/h4-6,8-9,11-14,23H,7,10,15-20H2,1-3H3,(H2,26,27,28). The topological polar surface area (TPSA) is 42.9 Å². The Kier molecular flexibility index (Phi) is 8.57. The van der Waals surface area contributed by atoms with Crippen molar-refractivity contribution in [2.45, 2.75) is 38.3 Å². The molecular weight excluding hydrogens is 370 g/mol. The van der Waals surface area contributed by atoms with Gasteiger partial charge >= 0.3 is 0 Å². The molecule has 0 amide bonds. The predicted molar refractivity (Wildman–Crippen MR) is 128 cm³/mol. The minimum Gasteiger partial charge on any atom is -0.378 e. The van der Waals surface area contributed by atoms with Gasteiger partial charge in [0.25, 0.3) is 0 Å². The van der Waals surface area contributed by atoms with Gasteiger partial charge in [0.15, 0.2) is 5.96 Å². The average Bonchev–Trinajstić information content (AvgIpc) is 2.78. The molecule has 0 unspecified atom stereocenters. The minimum atomic E-state index is 0.502. The van der Waals surface area contributed by atoms with Crippen LogP contribution in [0.4, 0.5) is 5.69 Å². The summed E-state index contributed by atoms with van der Waals surface area (Å²) in [5.41, 5.74) is 4.03. The zero-order valence-electron chi connectivity index (χ0n) is 18.8. The van der Waals surface area contributed by atoms with Crippen LogP contribution in [0.5, 0.6) is 0 Å². The highest BCUT2D eigenvalue weighted by Gasteiger charge is 2.19. The molecule has 0 radical (unpaired) electrons. The number of nitrogens with one attached hydrogen (secondary N) is 2. The molecule has 3 rings (SSSR count). The van der Waals surface area contributed by atoms with Gasteiger partial charge < -0.3 is 15.5 Å². The Hall–Kier alpha value is -2.53. The smallest absolute Gasteiger partial charge is 0.191 e. The summed E-state index contributed by atoms with van der Waals surface area (Å²) in [6.07, 6.45) is 4.49. The maximum Gasteiger partial charge on any atom is 0.191 e. The SMILES string of the molecule is CN=C(NCCCc1ccc(N(C)C)cc1)NC1CCN(Cc2ccccc2)CC1. The highest BCUT2D eigenvalue weighted by molar-refractivity contribution is 5.79. The van der Waals surface area contributed by atoms with Gasteiger partial charge in [-0.1, -0.05) is 42.5 Å². The van der Waals surface area contributed by atoms with E-state index in [0.29, 0.717) is 6.04 Å². The number of likely N-dealkylation sites (tertiary alicyclic amines) is 1. The zero-order chi connectivity index (χ0) is 21.2. The molecule has 0 spiro atoms. The Bertz CT molecular complexity index is 762. The van der Waals surface area contributed by atoms with Crippen LogP contribution in [0.25, 0.3) is 0 Å². The molecule has 162 valence electrons. The van der Waals surface area contributed by atoms with Crippen LogP contribution in [-0.2, 0) is 13.0 Å². The van der Waals surface area contributed by atoms with Crippen molar-refractivity contribution in [2.75, 3.05) is 45.7 Å². The molecule has 0 bridgehead atoms. The third-order valence-corrected chi connectivity index (χ3v) is 5.79. The summed E-state index contributed by atoms with van der Waals surface area (Å²) >= 11 is 0. The number of rotatable bonds is 8. The quantitative estimate of drug-likeness (QED) is 0.399. The van der Waals surface area contributed by atoms with Gasteiger partial charge in [-0.05, 0) is 48.9 Å². The van der Waals surface area contributed by atoms with Crippen LogP contribution in [0.2, 0.25) is 0 Å². The maximum atomic E-state index is 4.42. The van der Waals surface area contributed by atoms with Crippen molar-refractivity contribution in [1.82, 2.24) is 15.5 Å². The fourth-order valence-electron chi connectivity index (χ4n) is 3.93. The first kappa shape index (κ1) is 22.2. The van der Waals surface area contributed by atoms with Gasteiger partial charge in [0, 0.05) is 59.1 Å². The van der Waals surface area contributed by atoms with Crippen LogP contribution < -0.4 is 15.5 Å². The number of hydrogen-bond donors (Lipinski definition) is 2. The third-order valence-electron chi connectivity index (χ3n) is 5.79. The van der Waals surface area contributed by atoms with E-state index in [1.807, 2.05) is 7.05 Å². The molecule has 1 saturated heterocycles. The monoisotopic (exact) mass is 407 g/mol. The Labute approximate surface area is 182 Å². The minimum absolute atomic E-state index is 0.502. The predicted octanol–water partition coefficient (Wildman–Crippen LogP) is 3.51. The number of piperidine rings is 1. The summed E-state index contributed by atoms with van der Waals surface area (Å²) in [6, 6.07) is 20.1. The zero-order valence-corrected chi connectivity index (χ0v) is 18.8. The van der Waals surface area contributed by atoms with E-state index in [1.165, 1.54) is 16.8 Å². The van der Waals surface area contributed by atoms with Gasteiger partial charge in [0.1, 0.15) is 0 Å². The third kappa shape index (κ3) is 7.06. The first-order chi connectivity index (χ1) is 14.6. The summed E-state index contributed by atoms with van der Waals surface area (Å²) < 4.78 is 0. The van der Waals surface area contributed by atoms with Crippen LogP contribution in [0, 0.1) is 0 Å². The van der Waals surface area contributed by atoms with E-state index in [0.717, 1.165) is 57.8 Å². The Morgan fingerprint density at radius 2 is 1.70 bits per heavy atom. The van der Waals surface area contributed by atoms with Crippen molar-refractivity contribution in [1.29, 1.82) is 0 Å². The van der Waals surface area contributed by atoms with E-state index in [4.69, 9.17) is 0 Å². The van der Waals surface area contributed by atoms with Gasteiger partial charge in [-0.3, -0.25) is 9.89 Å². The first-order valence-electron chi connectivity index (χ1n) is 11.1. The van der Waals surface area contributed by atoms with Crippen LogP contribution in [0.1, 0.15) is 30.4 Å². The number of aryl methyl sites for hydroxylation is 1. The molecule has 0 aromatic heterocycles. The molecule has 2 N–H and O–H groups in total. The van der Waals surface area contributed by atoms with E-state index in [2.05, 4.69) is 94.1 Å². The number of anilines is 1. The summed E-state index contributed by atoms with van der Waals surface area (Å²) in [5, 5.41) is 7.10. The summed E-state index contributed by atoms with van der Waals surface area (Å²) in [5.74, 6) is 0.930. The van der Waals surface area contributed by atoms with Crippen LogP contribution in [0.15, 0.2) is 59.6 Å². The number of benzene rings is 2. The molecule has 30 heavy (non-hydrogen) atoms. The molecule has 0 atom stereocenters. The highest BCUT2D eigenvalue weighted by Crippen LogP contribution is 2.14. The van der Waals surface area contributed by atoms with Gasteiger partial charge in [0.2, 0.25) is 0 Å². The number of nitrogens with zero attached hydrogens (tertiary/aromatic N) is 3. The molecule has 1 aliphatic heterocycles. The lowest BCUT2D eigenvalue weighted by molar-refractivity contribution is 0.198. The molecule has 0 saturated carbocycles. The molecule has 0 aliphatic carbocycles. The summed E-state index contributed by atoms with van der Waals surface area (Å²) in [7, 11) is 6.01. The fourth-order valence-corrected chi connectivity index (χ4v) is 3.93. The maximum absolute atomic E-state index is 4.42. The second-order valence-electron chi connectivity index (χ2n) is 8.34. The van der Waals surface area contributed by atoms with E-state index in [1.54, 1.807) is 0 Å². The summed E-state index contributed by atoms with van der Waals surface area (Å²) in [4.78, 5) is 9.10. The Morgan fingerprint density at radius 1 is 1.00 bits per heavy atom. The van der Waals surface area contributed by atoms with Gasteiger partial charge in [-0.15, -0.1) is 0 Å². The van der Waals surface area contributed by atoms with Crippen LogP contribution in [-0.4, -0.2) is 57.7 Å². The van der Waals surface area contributed by atoms with Crippen LogP contribution in [0.3, 0.4) is 0 Å². The second kappa shape index (κ2) is 11.6. The number of guanidine groups is 1. The highest BCUT2D eigenvalue weighted by atomic mass is 15.2. The molecule has 5 nitrogen and oxygen atoms in total. The molecule has 1 heterocycles. The van der Waals surface area contributed by atoms with E-state index in [-0.39, 0.29) is 0 Å². The first-order valence-corrected chi connectivity index (χ1v) is 11.1. The normalized spacial score (nSPS) is 15.8. The molecule has 1 aliphatic rings. The van der Waals surface area contributed by atoms with Crippen molar-refractivity contribution in [3.05, 3.63) is 65.7 Å². The number of aliphatic imine (C=N–C) groups is 1. The Balaban J connectivity index is 1.33. The Morgan fingerprint density at radius 3 is 2.33 bits per heavy atom. The molecule has 5 heteroatoms. The fraction of sp³-hybridized carbons (Fsp3) is 0.480. The molecule has 1 fully saturated rings. The van der Waals surface area contributed by atoms with Crippen LogP contribution >= 0.6 is 0 Å². The lowest BCUT2D eigenvalue weighted by atomic mass is 10.0. The largest absolute Gasteiger partial charge is 0.378 e. The second-order valence-corrected chi connectivity index (χ2v) is 8.34. The summed E-state index contributed by atoms with van der Waals surface area (Å²) in [6.45, 7) is 4.25.